The second kappa shape index (κ2) is 9.20. The number of anilines is 1. The molecule has 3 aliphatic rings. The highest BCUT2D eigenvalue weighted by Crippen LogP contribution is 2.52. The molecule has 200 valence electrons. The highest BCUT2D eigenvalue weighted by molar-refractivity contribution is 6.10. The molecule has 7 nitrogen and oxygen atoms in total. The maximum atomic E-state index is 14.2. The first-order valence-corrected chi connectivity index (χ1v) is 13.1. The van der Waals surface area contributed by atoms with E-state index >= 15 is 0 Å². The normalized spacial score (nSPS) is 24.0. The van der Waals surface area contributed by atoms with Gasteiger partial charge in [-0.25, -0.2) is 0 Å². The Morgan fingerprint density at radius 3 is 2.55 bits per heavy atom. The van der Waals surface area contributed by atoms with Gasteiger partial charge < -0.3 is 14.8 Å². The molecule has 1 aromatic heterocycles. The molecule has 2 fully saturated rings. The van der Waals surface area contributed by atoms with Crippen LogP contribution in [-0.2, 0) is 31.7 Å². The number of rotatable bonds is 5. The Hall–Kier alpha value is -3.24. The maximum absolute atomic E-state index is 14.2. The van der Waals surface area contributed by atoms with Gasteiger partial charge in [0.05, 0.1) is 17.5 Å². The number of carbonyl (C=O) groups is 1. The van der Waals surface area contributed by atoms with E-state index < -0.39 is 11.7 Å². The topological polar surface area (TPSA) is 66.3 Å². The summed E-state index contributed by atoms with van der Waals surface area (Å²) < 4.78 is 44.5. The Kier molecular flexibility index (Phi) is 6.07. The smallest absolute Gasteiger partial charge is 0.320 e. The molecule has 6 rings (SSSR count). The van der Waals surface area contributed by atoms with Crippen LogP contribution < -0.4 is 10.2 Å². The molecule has 10 heteroatoms. The minimum atomic E-state index is -4.54. The second-order valence-electron chi connectivity index (χ2n) is 11.0. The summed E-state index contributed by atoms with van der Waals surface area (Å²) in [4.78, 5) is 17.2. The summed E-state index contributed by atoms with van der Waals surface area (Å²) >= 11 is 0. The van der Waals surface area contributed by atoms with E-state index in [0.29, 0.717) is 23.7 Å². The number of hydrogen-bond acceptors (Lipinski definition) is 5. The number of amides is 1. The lowest BCUT2D eigenvalue weighted by Crippen LogP contribution is -2.43. The SMILES string of the molecule is CC1CC(c2cccc(N3Cc4c(cc(CN5CCNCC5)cc4C(F)(F)F)C3=O)c2)(c2nncn2C)C1. The van der Waals surface area contributed by atoms with Gasteiger partial charge in [0.2, 0.25) is 0 Å². The molecular weight excluding hydrogens is 493 g/mol. The summed E-state index contributed by atoms with van der Waals surface area (Å²) in [6.45, 7) is 5.60. The number of nitrogens with one attached hydrogen (secondary N) is 1. The average molecular weight is 525 g/mol. The molecule has 0 atom stereocenters. The average Bonchev–Trinajstić information content (AvgIpc) is 3.45. The number of alkyl halides is 3. The van der Waals surface area contributed by atoms with Gasteiger partial charge in [0.1, 0.15) is 12.2 Å². The van der Waals surface area contributed by atoms with Crippen molar-refractivity contribution in [3.05, 3.63) is 76.4 Å². The first kappa shape index (κ1) is 25.1. The molecule has 3 heterocycles. The molecule has 0 bridgehead atoms. The van der Waals surface area contributed by atoms with Crippen LogP contribution in [0.5, 0.6) is 0 Å². The molecule has 2 aromatic carbocycles. The summed E-state index contributed by atoms with van der Waals surface area (Å²) in [7, 11) is 1.92. The Bertz CT molecular complexity index is 1370. The number of hydrogen-bond donors (Lipinski definition) is 1. The van der Waals surface area contributed by atoms with Crippen molar-refractivity contribution in [2.45, 2.75) is 44.4 Å². The van der Waals surface area contributed by atoms with Crippen LogP contribution >= 0.6 is 0 Å². The Morgan fingerprint density at radius 2 is 1.89 bits per heavy atom. The summed E-state index contributed by atoms with van der Waals surface area (Å²) in [5.41, 5.74) is 1.28. The molecule has 2 aliphatic heterocycles. The third-order valence-electron chi connectivity index (χ3n) is 8.27. The summed E-state index contributed by atoms with van der Waals surface area (Å²) in [6.07, 6.45) is -1.07. The molecule has 1 saturated carbocycles. The van der Waals surface area contributed by atoms with E-state index in [2.05, 4.69) is 27.3 Å². The van der Waals surface area contributed by atoms with Crippen molar-refractivity contribution < 1.29 is 18.0 Å². The molecule has 1 N–H and O–H groups in total. The van der Waals surface area contributed by atoms with Gasteiger partial charge >= 0.3 is 6.18 Å². The van der Waals surface area contributed by atoms with Crippen molar-refractivity contribution in [3.8, 4) is 0 Å². The quantitative estimate of drug-likeness (QED) is 0.544. The van der Waals surface area contributed by atoms with E-state index in [1.54, 1.807) is 18.5 Å². The number of nitrogens with zero attached hydrogens (tertiary/aromatic N) is 5. The number of carbonyl (C=O) groups excluding carboxylic acids is 1. The number of piperazine rings is 1. The van der Waals surface area contributed by atoms with Gasteiger partial charge in [-0.05, 0) is 59.7 Å². The van der Waals surface area contributed by atoms with Crippen molar-refractivity contribution in [2.24, 2.45) is 13.0 Å². The van der Waals surface area contributed by atoms with Crippen molar-refractivity contribution >= 4 is 11.6 Å². The lowest BCUT2D eigenvalue weighted by Gasteiger charge is -2.46. The zero-order chi connectivity index (χ0) is 26.7. The summed E-state index contributed by atoms with van der Waals surface area (Å²) in [5, 5.41) is 11.7. The molecular formula is C28H31F3N6O. The number of benzene rings is 2. The first-order valence-electron chi connectivity index (χ1n) is 13.1. The predicted molar refractivity (Wildman–Crippen MR) is 137 cm³/mol. The molecule has 0 unspecified atom stereocenters. The van der Waals surface area contributed by atoms with E-state index in [9.17, 15) is 18.0 Å². The second-order valence-corrected chi connectivity index (χ2v) is 11.0. The monoisotopic (exact) mass is 524 g/mol. The zero-order valence-electron chi connectivity index (χ0n) is 21.6. The van der Waals surface area contributed by atoms with Crippen molar-refractivity contribution in [1.82, 2.24) is 25.0 Å². The third kappa shape index (κ3) is 4.19. The van der Waals surface area contributed by atoms with Gasteiger partial charge in [-0.1, -0.05) is 19.1 Å². The van der Waals surface area contributed by atoms with Crippen LogP contribution in [0.1, 0.15) is 58.2 Å². The zero-order valence-corrected chi connectivity index (χ0v) is 21.6. The predicted octanol–water partition coefficient (Wildman–Crippen LogP) is 4.12. The molecule has 3 aromatic rings. The number of aryl methyl sites for hydroxylation is 1. The number of aromatic nitrogens is 3. The third-order valence-corrected chi connectivity index (χ3v) is 8.27. The number of fused-ring (bicyclic) bond motifs is 1. The highest BCUT2D eigenvalue weighted by Gasteiger charge is 2.48. The minimum absolute atomic E-state index is 0.0530. The lowest BCUT2D eigenvalue weighted by molar-refractivity contribution is -0.138. The van der Waals surface area contributed by atoms with E-state index in [0.717, 1.165) is 50.4 Å². The van der Waals surface area contributed by atoms with Gasteiger partial charge in [0, 0.05) is 51.0 Å². The Morgan fingerprint density at radius 1 is 1.13 bits per heavy atom. The fourth-order valence-corrected chi connectivity index (χ4v) is 6.51. The fourth-order valence-electron chi connectivity index (χ4n) is 6.51. The van der Waals surface area contributed by atoms with Crippen LogP contribution in [0.4, 0.5) is 18.9 Å². The van der Waals surface area contributed by atoms with Crippen molar-refractivity contribution in [3.63, 3.8) is 0 Å². The van der Waals surface area contributed by atoms with Crippen LogP contribution in [0.25, 0.3) is 0 Å². The van der Waals surface area contributed by atoms with Gasteiger partial charge in [0.15, 0.2) is 0 Å². The highest BCUT2D eigenvalue weighted by atomic mass is 19.4. The molecule has 0 spiro atoms. The van der Waals surface area contributed by atoms with E-state index in [1.807, 2.05) is 29.8 Å². The maximum Gasteiger partial charge on any atom is 0.416 e. The van der Waals surface area contributed by atoms with Gasteiger partial charge in [-0.2, -0.15) is 13.2 Å². The van der Waals surface area contributed by atoms with Crippen LogP contribution in [0.15, 0.2) is 42.7 Å². The lowest BCUT2D eigenvalue weighted by atomic mass is 9.58. The van der Waals surface area contributed by atoms with Gasteiger partial charge in [-0.15, -0.1) is 10.2 Å². The molecule has 1 amide bonds. The largest absolute Gasteiger partial charge is 0.416 e. The standard InChI is InChI=1S/C28H31F3N6O/c1-18-13-27(14-18,26-34-33-17-35(26)2)20-4-3-5-21(12-20)37-16-23-22(25(37)38)10-19(11-24(23)28(29,30)31)15-36-8-6-32-7-9-36/h3-5,10-12,17-18,32H,6-9,13-16H2,1-2H3. The Labute approximate surface area is 219 Å². The van der Waals surface area contributed by atoms with Crippen LogP contribution in [0.3, 0.4) is 0 Å². The van der Waals surface area contributed by atoms with E-state index in [-0.39, 0.29) is 29.0 Å². The minimum Gasteiger partial charge on any atom is -0.320 e. The number of halogens is 3. The van der Waals surface area contributed by atoms with Crippen molar-refractivity contribution in [2.75, 3.05) is 31.1 Å². The molecule has 1 saturated heterocycles. The molecule has 1 aliphatic carbocycles. The van der Waals surface area contributed by atoms with Crippen LogP contribution in [0.2, 0.25) is 0 Å². The van der Waals surface area contributed by atoms with Gasteiger partial charge in [0.25, 0.3) is 5.91 Å². The first-order chi connectivity index (χ1) is 18.2. The Balaban J connectivity index is 1.35. The van der Waals surface area contributed by atoms with Crippen molar-refractivity contribution in [1.29, 1.82) is 0 Å². The molecule has 38 heavy (non-hydrogen) atoms. The summed E-state index contributed by atoms with van der Waals surface area (Å²) in [6, 6.07) is 10.5. The van der Waals surface area contributed by atoms with Crippen LogP contribution in [-0.4, -0.2) is 51.8 Å². The van der Waals surface area contributed by atoms with Crippen LogP contribution in [0, 0.1) is 5.92 Å². The molecule has 0 radical (unpaired) electrons. The van der Waals surface area contributed by atoms with E-state index in [4.69, 9.17) is 0 Å². The summed E-state index contributed by atoms with van der Waals surface area (Å²) in [5.74, 6) is 0.983. The van der Waals surface area contributed by atoms with E-state index in [1.165, 1.54) is 11.0 Å². The fraction of sp³-hybridized carbons (Fsp3) is 0.464. The van der Waals surface area contributed by atoms with Gasteiger partial charge in [-0.3, -0.25) is 9.69 Å².